The number of alkyl halides is 3. The summed E-state index contributed by atoms with van der Waals surface area (Å²) in [6, 6.07) is 9.78. The summed E-state index contributed by atoms with van der Waals surface area (Å²) in [4.78, 5) is 0. The third-order valence-electron chi connectivity index (χ3n) is 4.12. The number of hydrogen-bond acceptors (Lipinski definition) is 1. The van der Waals surface area contributed by atoms with Crippen molar-refractivity contribution in [2.75, 3.05) is 7.05 Å². The summed E-state index contributed by atoms with van der Waals surface area (Å²) in [6.07, 6.45) is -1.99. The van der Waals surface area contributed by atoms with E-state index in [9.17, 15) is 13.2 Å². The molecule has 1 fully saturated rings. The van der Waals surface area contributed by atoms with Crippen molar-refractivity contribution in [2.24, 2.45) is 11.8 Å². The van der Waals surface area contributed by atoms with Crippen LogP contribution in [0.5, 0.6) is 0 Å². The maximum absolute atomic E-state index is 12.9. The van der Waals surface area contributed by atoms with Crippen molar-refractivity contribution in [2.45, 2.75) is 37.9 Å². The Morgan fingerprint density at radius 2 is 1.84 bits per heavy atom. The Kier molecular flexibility index (Phi) is 4.50. The van der Waals surface area contributed by atoms with E-state index in [1.807, 2.05) is 37.4 Å². The molecule has 0 radical (unpaired) electrons. The van der Waals surface area contributed by atoms with Gasteiger partial charge in [0.15, 0.2) is 0 Å². The molecule has 106 valence electrons. The van der Waals surface area contributed by atoms with Gasteiger partial charge in [-0.3, -0.25) is 0 Å². The van der Waals surface area contributed by atoms with Crippen molar-refractivity contribution in [3.63, 3.8) is 0 Å². The number of halogens is 3. The molecule has 1 aliphatic rings. The van der Waals surface area contributed by atoms with Gasteiger partial charge in [-0.25, -0.2) is 0 Å². The lowest BCUT2D eigenvalue weighted by Gasteiger charge is -2.35. The van der Waals surface area contributed by atoms with Crippen molar-refractivity contribution in [1.82, 2.24) is 5.32 Å². The third-order valence-corrected chi connectivity index (χ3v) is 4.12. The summed E-state index contributed by atoms with van der Waals surface area (Å²) in [6.45, 7) is 0. The Labute approximate surface area is 112 Å². The molecule has 1 aromatic rings. The van der Waals surface area contributed by atoms with Gasteiger partial charge in [0.05, 0.1) is 5.92 Å². The summed E-state index contributed by atoms with van der Waals surface area (Å²) in [5, 5.41) is 3.19. The summed E-state index contributed by atoms with van der Waals surface area (Å²) in [7, 11) is 1.83. The van der Waals surface area contributed by atoms with E-state index in [-0.39, 0.29) is 24.8 Å². The Hall–Kier alpha value is -1.03. The van der Waals surface area contributed by atoms with Gasteiger partial charge >= 0.3 is 6.18 Å². The molecule has 3 atom stereocenters. The smallest absolute Gasteiger partial charge is 0.313 e. The standard InChI is InChI=1S/C15H20F3N/c1-19-14(11-6-3-2-4-7-11)12-8-5-9-13(10-12)15(16,17)18/h2-4,6-7,12-14,19H,5,8-10H2,1H3. The highest BCUT2D eigenvalue weighted by atomic mass is 19.4. The van der Waals surface area contributed by atoms with Crippen LogP contribution in [0.4, 0.5) is 13.2 Å². The fourth-order valence-corrected chi connectivity index (χ4v) is 3.16. The molecule has 1 N–H and O–H groups in total. The summed E-state index contributed by atoms with van der Waals surface area (Å²) in [5.41, 5.74) is 1.08. The minimum absolute atomic E-state index is 0.0198. The number of benzene rings is 1. The molecule has 0 saturated heterocycles. The van der Waals surface area contributed by atoms with E-state index in [0.29, 0.717) is 6.42 Å². The van der Waals surface area contributed by atoms with Crippen LogP contribution in [-0.2, 0) is 0 Å². The Balaban J connectivity index is 2.11. The molecule has 0 spiro atoms. The second-order valence-electron chi connectivity index (χ2n) is 5.34. The molecule has 1 nitrogen and oxygen atoms in total. The molecule has 0 amide bonds. The molecule has 0 heterocycles. The molecular weight excluding hydrogens is 251 g/mol. The van der Waals surface area contributed by atoms with Crippen molar-refractivity contribution >= 4 is 0 Å². The lowest BCUT2D eigenvalue weighted by molar-refractivity contribution is -0.186. The largest absolute Gasteiger partial charge is 0.391 e. The first kappa shape index (κ1) is 14.4. The number of hydrogen-bond donors (Lipinski definition) is 1. The molecule has 4 heteroatoms. The van der Waals surface area contributed by atoms with Crippen LogP contribution in [-0.4, -0.2) is 13.2 Å². The minimum atomic E-state index is -4.05. The van der Waals surface area contributed by atoms with E-state index in [1.54, 1.807) is 0 Å². The maximum Gasteiger partial charge on any atom is 0.391 e. The topological polar surface area (TPSA) is 12.0 Å². The lowest BCUT2D eigenvalue weighted by Crippen LogP contribution is -2.34. The van der Waals surface area contributed by atoms with Crippen molar-refractivity contribution in [3.8, 4) is 0 Å². The van der Waals surface area contributed by atoms with Crippen LogP contribution in [0.25, 0.3) is 0 Å². The summed E-state index contributed by atoms with van der Waals surface area (Å²) >= 11 is 0. The van der Waals surface area contributed by atoms with Crippen LogP contribution < -0.4 is 5.32 Å². The fourth-order valence-electron chi connectivity index (χ4n) is 3.16. The quantitative estimate of drug-likeness (QED) is 0.863. The van der Waals surface area contributed by atoms with Gasteiger partial charge < -0.3 is 5.32 Å². The predicted molar refractivity (Wildman–Crippen MR) is 69.7 cm³/mol. The number of rotatable bonds is 3. The van der Waals surface area contributed by atoms with E-state index in [1.165, 1.54) is 0 Å². The highest BCUT2D eigenvalue weighted by Gasteiger charge is 2.43. The van der Waals surface area contributed by atoms with Crippen LogP contribution in [0, 0.1) is 11.8 Å². The first-order chi connectivity index (χ1) is 9.02. The zero-order chi connectivity index (χ0) is 13.9. The van der Waals surface area contributed by atoms with Crippen molar-refractivity contribution in [3.05, 3.63) is 35.9 Å². The fraction of sp³-hybridized carbons (Fsp3) is 0.600. The van der Waals surface area contributed by atoms with E-state index in [4.69, 9.17) is 0 Å². The molecule has 0 bridgehead atoms. The molecule has 1 aromatic carbocycles. The van der Waals surface area contributed by atoms with Gasteiger partial charge in [0.2, 0.25) is 0 Å². The van der Waals surface area contributed by atoms with E-state index in [0.717, 1.165) is 12.0 Å². The lowest BCUT2D eigenvalue weighted by atomic mass is 9.76. The highest BCUT2D eigenvalue weighted by Crippen LogP contribution is 2.43. The normalized spacial score (nSPS) is 26.1. The minimum Gasteiger partial charge on any atom is -0.313 e. The zero-order valence-corrected chi connectivity index (χ0v) is 11.1. The first-order valence-electron chi connectivity index (χ1n) is 6.81. The molecule has 1 saturated carbocycles. The van der Waals surface area contributed by atoms with Crippen LogP contribution >= 0.6 is 0 Å². The third kappa shape index (κ3) is 3.50. The molecule has 19 heavy (non-hydrogen) atoms. The molecule has 0 aliphatic heterocycles. The molecule has 2 rings (SSSR count). The van der Waals surface area contributed by atoms with Crippen LogP contribution in [0.15, 0.2) is 30.3 Å². The van der Waals surface area contributed by atoms with E-state index in [2.05, 4.69) is 5.32 Å². The SMILES string of the molecule is CNC(c1ccccc1)C1CCCC(C(F)(F)F)C1. The average Bonchev–Trinajstić information content (AvgIpc) is 2.40. The van der Waals surface area contributed by atoms with Crippen LogP contribution in [0.1, 0.15) is 37.3 Å². The summed E-state index contributed by atoms with van der Waals surface area (Å²) in [5.74, 6) is -1.07. The molecule has 0 aromatic heterocycles. The summed E-state index contributed by atoms with van der Waals surface area (Å²) < 4.78 is 38.6. The van der Waals surface area contributed by atoms with Crippen molar-refractivity contribution < 1.29 is 13.2 Å². The van der Waals surface area contributed by atoms with Crippen molar-refractivity contribution in [1.29, 1.82) is 0 Å². The van der Waals surface area contributed by atoms with Gasteiger partial charge in [0, 0.05) is 6.04 Å². The highest BCUT2D eigenvalue weighted by molar-refractivity contribution is 5.19. The first-order valence-corrected chi connectivity index (χ1v) is 6.81. The van der Waals surface area contributed by atoms with E-state index < -0.39 is 12.1 Å². The van der Waals surface area contributed by atoms with Gasteiger partial charge in [0.1, 0.15) is 0 Å². The predicted octanol–water partition coefficient (Wildman–Crippen LogP) is 4.32. The van der Waals surface area contributed by atoms with Gasteiger partial charge in [0.25, 0.3) is 0 Å². The average molecular weight is 271 g/mol. The molecular formula is C15H20F3N. The molecule has 3 unspecified atom stereocenters. The Morgan fingerprint density at radius 3 is 2.42 bits per heavy atom. The second-order valence-corrected chi connectivity index (χ2v) is 5.34. The van der Waals surface area contributed by atoms with Crippen LogP contribution in [0.3, 0.4) is 0 Å². The van der Waals surface area contributed by atoms with Gasteiger partial charge in [-0.1, -0.05) is 36.8 Å². The van der Waals surface area contributed by atoms with Gasteiger partial charge in [-0.05, 0) is 37.8 Å². The Bertz CT molecular complexity index is 388. The zero-order valence-electron chi connectivity index (χ0n) is 11.1. The van der Waals surface area contributed by atoms with Gasteiger partial charge in [-0.15, -0.1) is 0 Å². The van der Waals surface area contributed by atoms with E-state index >= 15 is 0 Å². The van der Waals surface area contributed by atoms with Gasteiger partial charge in [-0.2, -0.15) is 13.2 Å². The Morgan fingerprint density at radius 1 is 1.16 bits per heavy atom. The second kappa shape index (κ2) is 5.95. The monoisotopic (exact) mass is 271 g/mol. The van der Waals surface area contributed by atoms with Crippen LogP contribution in [0.2, 0.25) is 0 Å². The number of nitrogens with one attached hydrogen (secondary N) is 1. The molecule has 1 aliphatic carbocycles. The maximum atomic E-state index is 12.9.